The number of rotatable bonds is 6. The van der Waals surface area contributed by atoms with Gasteiger partial charge in [0.2, 0.25) is 0 Å². The second-order valence-electron chi connectivity index (χ2n) is 7.38. The van der Waals surface area contributed by atoms with E-state index in [1.54, 1.807) is 0 Å². The Morgan fingerprint density at radius 1 is 1.29 bits per heavy atom. The summed E-state index contributed by atoms with van der Waals surface area (Å²) in [6.45, 7) is 10.4. The Kier molecular flexibility index (Phi) is 5.82. The van der Waals surface area contributed by atoms with Crippen LogP contribution >= 0.6 is 0 Å². The summed E-state index contributed by atoms with van der Waals surface area (Å²) in [7, 11) is 0. The zero-order chi connectivity index (χ0) is 20.4. The summed E-state index contributed by atoms with van der Waals surface area (Å²) in [6.07, 6.45) is 1.32. The minimum absolute atomic E-state index is 0.0195. The molecule has 0 saturated carbocycles. The molecule has 0 bridgehead atoms. The van der Waals surface area contributed by atoms with Gasteiger partial charge in [-0.25, -0.2) is 8.78 Å². The van der Waals surface area contributed by atoms with Gasteiger partial charge in [0.25, 0.3) is 6.47 Å². The van der Waals surface area contributed by atoms with Crippen LogP contribution in [0.25, 0.3) is 0 Å². The first-order chi connectivity index (χ1) is 13.3. The van der Waals surface area contributed by atoms with Gasteiger partial charge in [0, 0.05) is 23.1 Å². The fourth-order valence-corrected chi connectivity index (χ4v) is 4.00. The predicted octanol–water partition coefficient (Wildman–Crippen LogP) is 5.51. The molecule has 1 aliphatic rings. The van der Waals surface area contributed by atoms with Crippen molar-refractivity contribution in [1.29, 1.82) is 0 Å². The first-order valence-electron chi connectivity index (χ1n) is 9.27. The Labute approximate surface area is 164 Å². The number of carbonyl (C=O) groups is 1. The molecule has 28 heavy (non-hydrogen) atoms. The number of hydrogen-bond acceptors (Lipinski definition) is 3. The number of hydrogen-bond donors (Lipinski definition) is 0. The van der Waals surface area contributed by atoms with Gasteiger partial charge in [-0.3, -0.25) is 4.79 Å². The third-order valence-electron chi connectivity index (χ3n) is 5.51. The van der Waals surface area contributed by atoms with Gasteiger partial charge in [0.1, 0.15) is 30.1 Å². The van der Waals surface area contributed by atoms with E-state index >= 15 is 0 Å². The van der Waals surface area contributed by atoms with Crippen molar-refractivity contribution in [2.24, 2.45) is 5.92 Å². The van der Waals surface area contributed by atoms with Gasteiger partial charge in [-0.15, -0.1) is 0 Å². The van der Waals surface area contributed by atoms with Crippen molar-refractivity contribution in [3.8, 4) is 5.75 Å². The third kappa shape index (κ3) is 3.79. The lowest BCUT2D eigenvalue weighted by Gasteiger charge is -2.35. The molecule has 0 saturated heterocycles. The lowest BCUT2D eigenvalue weighted by molar-refractivity contribution is -0.136. The largest absolute Gasteiger partial charge is 0.489 e. The summed E-state index contributed by atoms with van der Waals surface area (Å²) in [4.78, 5) is 11.2. The smallest absolute Gasteiger partial charge is 0.293 e. The molecule has 0 unspecified atom stereocenters. The van der Waals surface area contributed by atoms with Crippen molar-refractivity contribution in [3.63, 3.8) is 0 Å². The van der Waals surface area contributed by atoms with E-state index < -0.39 is 17.7 Å². The Balaban J connectivity index is 1.97. The Hall–Kier alpha value is -2.69. The molecule has 1 aliphatic carbocycles. The van der Waals surface area contributed by atoms with Crippen molar-refractivity contribution in [2.45, 2.75) is 46.3 Å². The molecular formula is C23H24F2O3. The number of fused-ring (bicyclic) bond motifs is 1. The fraction of sp³-hybridized carbons (Fsp3) is 0.348. The number of carbonyl (C=O) groups excluding carboxylic acids is 1. The highest BCUT2D eigenvalue weighted by molar-refractivity contribution is 5.53. The quantitative estimate of drug-likeness (QED) is 0.485. The lowest BCUT2D eigenvalue weighted by Crippen LogP contribution is -2.25. The standard InChI is InChI=1S/C23H24F2O3/c1-13(2)18-7-8-19-14(3)9-21(15(4)22(19)23(18)28-12-26)27-11-16-5-6-17(24)10-20(16)25/h5-6,9-10,12,18,23H,1,7-8,11H2,2-4H3/t18-,23+/m0/s1. The van der Waals surface area contributed by atoms with Crippen LogP contribution in [0, 0.1) is 31.4 Å². The zero-order valence-corrected chi connectivity index (χ0v) is 16.4. The molecule has 0 spiro atoms. The summed E-state index contributed by atoms with van der Waals surface area (Å²) in [5.41, 5.74) is 5.24. The minimum Gasteiger partial charge on any atom is -0.489 e. The van der Waals surface area contributed by atoms with Gasteiger partial charge in [0.05, 0.1) is 0 Å². The first kappa shape index (κ1) is 20.1. The molecule has 0 heterocycles. The van der Waals surface area contributed by atoms with Crippen LogP contribution in [0.1, 0.15) is 47.3 Å². The first-order valence-corrected chi connectivity index (χ1v) is 9.27. The second kappa shape index (κ2) is 8.13. The summed E-state index contributed by atoms with van der Waals surface area (Å²) < 4.78 is 38.4. The van der Waals surface area contributed by atoms with Crippen LogP contribution in [0.3, 0.4) is 0 Å². The molecule has 0 fully saturated rings. The monoisotopic (exact) mass is 386 g/mol. The van der Waals surface area contributed by atoms with Crippen molar-refractivity contribution < 1.29 is 23.0 Å². The van der Waals surface area contributed by atoms with Gasteiger partial charge < -0.3 is 9.47 Å². The Morgan fingerprint density at radius 2 is 2.04 bits per heavy atom. The van der Waals surface area contributed by atoms with E-state index in [4.69, 9.17) is 9.47 Å². The summed E-state index contributed by atoms with van der Waals surface area (Å²) in [5.74, 6) is -0.624. The van der Waals surface area contributed by atoms with E-state index in [0.717, 1.165) is 46.7 Å². The molecule has 0 aromatic heterocycles. The number of benzene rings is 2. The zero-order valence-electron chi connectivity index (χ0n) is 16.4. The lowest BCUT2D eigenvalue weighted by atomic mass is 9.75. The molecule has 2 atom stereocenters. The molecule has 0 radical (unpaired) electrons. The van der Waals surface area contributed by atoms with E-state index in [2.05, 4.69) is 6.58 Å². The molecule has 148 valence electrons. The maximum absolute atomic E-state index is 13.9. The predicted molar refractivity (Wildman–Crippen MR) is 103 cm³/mol. The molecule has 0 N–H and O–H groups in total. The normalized spacial score (nSPS) is 18.3. The van der Waals surface area contributed by atoms with Crippen LogP contribution in [0.5, 0.6) is 5.75 Å². The Morgan fingerprint density at radius 3 is 2.68 bits per heavy atom. The van der Waals surface area contributed by atoms with Crippen molar-refractivity contribution in [3.05, 3.63) is 75.9 Å². The molecule has 3 nitrogen and oxygen atoms in total. The van der Waals surface area contributed by atoms with E-state index in [1.807, 2.05) is 26.8 Å². The van der Waals surface area contributed by atoms with Crippen LogP contribution in [0.4, 0.5) is 8.78 Å². The van der Waals surface area contributed by atoms with Crippen LogP contribution in [-0.4, -0.2) is 6.47 Å². The highest BCUT2D eigenvalue weighted by atomic mass is 19.1. The van der Waals surface area contributed by atoms with Gasteiger partial charge in [-0.1, -0.05) is 12.2 Å². The van der Waals surface area contributed by atoms with Gasteiger partial charge in [-0.05, 0) is 68.5 Å². The van der Waals surface area contributed by atoms with Gasteiger partial charge >= 0.3 is 0 Å². The second-order valence-corrected chi connectivity index (χ2v) is 7.38. The maximum atomic E-state index is 13.9. The molecule has 0 aliphatic heterocycles. The molecule has 0 amide bonds. The topological polar surface area (TPSA) is 35.5 Å². The van der Waals surface area contributed by atoms with Crippen LogP contribution in [0.15, 0.2) is 36.4 Å². The van der Waals surface area contributed by atoms with Gasteiger partial charge in [-0.2, -0.15) is 0 Å². The average molecular weight is 386 g/mol. The highest BCUT2D eigenvalue weighted by Crippen LogP contribution is 2.45. The van der Waals surface area contributed by atoms with Crippen molar-refractivity contribution in [2.75, 3.05) is 0 Å². The SMILES string of the molecule is C=C(C)[C@@H]1CCc2c(C)cc(OCc3ccc(F)cc3F)c(C)c2[C@@H]1OC=O. The molecular weight excluding hydrogens is 362 g/mol. The van der Waals surface area contributed by atoms with Crippen LogP contribution < -0.4 is 4.74 Å². The minimum atomic E-state index is -0.642. The average Bonchev–Trinajstić information content (AvgIpc) is 2.64. The molecule has 2 aromatic carbocycles. The summed E-state index contributed by atoms with van der Waals surface area (Å²) in [5, 5.41) is 0. The third-order valence-corrected chi connectivity index (χ3v) is 5.51. The number of halogens is 2. The molecule has 3 rings (SSSR count). The van der Waals surface area contributed by atoms with E-state index in [0.29, 0.717) is 12.2 Å². The molecule has 2 aromatic rings. The number of ether oxygens (including phenoxy) is 2. The van der Waals surface area contributed by atoms with E-state index in [1.165, 1.54) is 12.1 Å². The van der Waals surface area contributed by atoms with Crippen molar-refractivity contribution >= 4 is 6.47 Å². The fourth-order valence-electron chi connectivity index (χ4n) is 4.00. The van der Waals surface area contributed by atoms with Crippen LogP contribution in [-0.2, 0) is 22.6 Å². The maximum Gasteiger partial charge on any atom is 0.293 e. The molecule has 5 heteroatoms. The number of aryl methyl sites for hydroxylation is 1. The van der Waals surface area contributed by atoms with Gasteiger partial charge in [0.15, 0.2) is 0 Å². The van der Waals surface area contributed by atoms with Crippen LogP contribution in [0.2, 0.25) is 0 Å². The van der Waals surface area contributed by atoms with E-state index in [9.17, 15) is 13.6 Å². The highest BCUT2D eigenvalue weighted by Gasteiger charge is 2.34. The Bertz CT molecular complexity index is 921. The van der Waals surface area contributed by atoms with E-state index in [-0.39, 0.29) is 18.1 Å². The summed E-state index contributed by atoms with van der Waals surface area (Å²) >= 11 is 0. The summed E-state index contributed by atoms with van der Waals surface area (Å²) in [6, 6.07) is 5.35. The van der Waals surface area contributed by atoms with Crippen molar-refractivity contribution in [1.82, 2.24) is 0 Å².